The minimum Gasteiger partial charge on any atom is -0.496 e. The number of aromatic nitrogens is 1. The summed E-state index contributed by atoms with van der Waals surface area (Å²) >= 11 is 8.39. The maximum absolute atomic E-state index is 14.2. The number of carbonyl (C=O) groups excluding carboxylic acids is 1. The van der Waals surface area contributed by atoms with Crippen LogP contribution in [0.2, 0.25) is 0 Å². The third kappa shape index (κ3) is 5.43. The average Bonchev–Trinajstić information content (AvgIpc) is 3.25. The maximum Gasteiger partial charge on any atom is 0.338 e. The molecule has 0 fully saturated rings. The number of benzene rings is 3. The number of rotatable bonds is 8. The Morgan fingerprint density at radius 1 is 1.17 bits per heavy atom. The molecule has 0 saturated heterocycles. The van der Waals surface area contributed by atoms with Crippen LogP contribution in [0.4, 0.5) is 0 Å². The van der Waals surface area contributed by atoms with E-state index in [0.29, 0.717) is 44.3 Å². The second-order valence-electron chi connectivity index (χ2n) is 9.12. The number of hydrogen-bond acceptors (Lipinski definition) is 7. The molecule has 7 nitrogen and oxygen atoms in total. The molecule has 0 aliphatic carbocycles. The molecular weight excluding hydrogens is 672 g/mol. The predicted molar refractivity (Wildman–Crippen MR) is 168 cm³/mol. The number of carbonyl (C=O) groups is 1. The molecule has 0 saturated carbocycles. The molecule has 0 unspecified atom stereocenters. The molecule has 0 bridgehead atoms. The van der Waals surface area contributed by atoms with Gasteiger partial charge in [-0.2, -0.15) is 0 Å². The highest BCUT2D eigenvalue weighted by Gasteiger charge is 2.36. The summed E-state index contributed by atoms with van der Waals surface area (Å²) in [7, 11) is 1.58. The number of ether oxygens (including phenoxy) is 3. The van der Waals surface area contributed by atoms with Crippen LogP contribution in [-0.4, -0.2) is 30.9 Å². The number of esters is 1. The number of methoxy groups -OCH3 is 1. The number of fused-ring (bicyclic) bond motifs is 2. The molecule has 3 aromatic carbocycles. The monoisotopic (exact) mass is 696 g/mol. The van der Waals surface area contributed by atoms with Gasteiger partial charge in [-0.3, -0.25) is 9.36 Å². The van der Waals surface area contributed by atoms with E-state index in [0.717, 1.165) is 25.3 Å². The lowest BCUT2D eigenvalue weighted by atomic mass is 9.90. The van der Waals surface area contributed by atoms with Gasteiger partial charge in [0.05, 0.1) is 38.5 Å². The summed E-state index contributed by atoms with van der Waals surface area (Å²) in [6.45, 7) is 7.76. The van der Waals surface area contributed by atoms with Crippen molar-refractivity contribution in [2.75, 3.05) is 20.3 Å². The molecule has 0 amide bonds. The number of hydrogen-bond donors (Lipinski definition) is 0. The van der Waals surface area contributed by atoms with Crippen LogP contribution in [0.3, 0.4) is 0 Å². The van der Waals surface area contributed by atoms with Crippen molar-refractivity contribution in [3.8, 4) is 11.5 Å². The van der Waals surface area contributed by atoms with Crippen LogP contribution >= 0.6 is 43.2 Å². The first kappa shape index (κ1) is 29.0. The van der Waals surface area contributed by atoms with E-state index in [1.165, 1.54) is 11.3 Å². The first-order chi connectivity index (χ1) is 19.8. The molecule has 2 heterocycles. The van der Waals surface area contributed by atoms with E-state index in [-0.39, 0.29) is 12.2 Å². The molecule has 1 aliphatic heterocycles. The molecule has 41 heavy (non-hydrogen) atoms. The van der Waals surface area contributed by atoms with Gasteiger partial charge < -0.3 is 14.2 Å². The van der Waals surface area contributed by atoms with E-state index >= 15 is 0 Å². The van der Waals surface area contributed by atoms with Gasteiger partial charge in [-0.15, -0.1) is 0 Å². The Morgan fingerprint density at radius 2 is 1.90 bits per heavy atom. The van der Waals surface area contributed by atoms with Gasteiger partial charge in [0, 0.05) is 5.56 Å². The molecule has 4 aromatic rings. The first-order valence-corrected chi connectivity index (χ1v) is 15.2. The lowest BCUT2D eigenvalue weighted by molar-refractivity contribution is -0.139. The van der Waals surface area contributed by atoms with E-state index in [4.69, 9.17) is 19.2 Å². The molecule has 1 aromatic heterocycles. The van der Waals surface area contributed by atoms with Gasteiger partial charge in [0.1, 0.15) is 24.1 Å². The van der Waals surface area contributed by atoms with Crippen LogP contribution in [-0.2, 0) is 9.53 Å². The Hall–Kier alpha value is -3.47. The normalized spacial score (nSPS) is 15.0. The van der Waals surface area contributed by atoms with Crippen molar-refractivity contribution < 1.29 is 19.0 Å². The molecule has 0 spiro atoms. The minimum atomic E-state index is -0.804. The highest BCUT2D eigenvalue weighted by Crippen LogP contribution is 2.40. The third-order valence-corrected chi connectivity index (χ3v) is 8.77. The first-order valence-electron chi connectivity index (χ1n) is 12.8. The Balaban J connectivity index is 1.77. The SMILES string of the molecule is C=CCOc1c(Br)cc(C=c2sc3n(c2=O)[C@H](c2c(OC)ccc4ccccc24)C(C(=O)OCC)=C(C)N=3)cc1Br. The van der Waals surface area contributed by atoms with Gasteiger partial charge in [-0.1, -0.05) is 54.3 Å². The lowest BCUT2D eigenvalue weighted by Gasteiger charge is -2.27. The molecule has 210 valence electrons. The predicted octanol–water partition coefficient (Wildman–Crippen LogP) is 6.05. The highest BCUT2D eigenvalue weighted by atomic mass is 79.9. The summed E-state index contributed by atoms with van der Waals surface area (Å²) in [6, 6.07) is 14.6. The highest BCUT2D eigenvalue weighted by molar-refractivity contribution is 9.11. The Labute approximate surface area is 257 Å². The van der Waals surface area contributed by atoms with E-state index in [1.807, 2.05) is 48.5 Å². The second-order valence-corrected chi connectivity index (χ2v) is 11.8. The van der Waals surface area contributed by atoms with Gasteiger partial charge in [-0.25, -0.2) is 9.79 Å². The second kappa shape index (κ2) is 12.2. The van der Waals surface area contributed by atoms with Crippen LogP contribution in [0, 0.1) is 0 Å². The van der Waals surface area contributed by atoms with Gasteiger partial charge in [0.2, 0.25) is 0 Å². The van der Waals surface area contributed by atoms with Gasteiger partial charge >= 0.3 is 5.97 Å². The average molecular weight is 698 g/mol. The fourth-order valence-electron chi connectivity index (χ4n) is 4.89. The zero-order valence-electron chi connectivity index (χ0n) is 22.6. The lowest BCUT2D eigenvalue weighted by Crippen LogP contribution is -2.40. The number of nitrogens with zero attached hydrogens (tertiary/aromatic N) is 2. The van der Waals surface area contributed by atoms with Crippen molar-refractivity contribution in [3.05, 3.63) is 112 Å². The molecule has 1 atom stereocenters. The molecule has 0 N–H and O–H groups in total. The van der Waals surface area contributed by atoms with Crippen molar-refractivity contribution >= 4 is 66.0 Å². The van der Waals surface area contributed by atoms with Crippen molar-refractivity contribution in [2.24, 2.45) is 4.99 Å². The maximum atomic E-state index is 14.2. The van der Waals surface area contributed by atoms with Crippen LogP contribution in [0.5, 0.6) is 11.5 Å². The molecular formula is C31H26Br2N2O5S. The van der Waals surface area contributed by atoms with Crippen LogP contribution in [0.15, 0.2) is 91.2 Å². The van der Waals surface area contributed by atoms with Crippen LogP contribution < -0.4 is 24.4 Å². The molecule has 1 aliphatic rings. The van der Waals surface area contributed by atoms with E-state index in [2.05, 4.69) is 38.4 Å². The molecule has 10 heteroatoms. The minimum absolute atomic E-state index is 0.190. The Morgan fingerprint density at radius 3 is 2.59 bits per heavy atom. The summed E-state index contributed by atoms with van der Waals surface area (Å²) in [6.07, 6.45) is 3.47. The largest absolute Gasteiger partial charge is 0.496 e. The topological polar surface area (TPSA) is 79.1 Å². The number of allylic oxidation sites excluding steroid dienone is 1. The van der Waals surface area contributed by atoms with Crippen molar-refractivity contribution in [3.63, 3.8) is 0 Å². The van der Waals surface area contributed by atoms with Crippen molar-refractivity contribution in [1.82, 2.24) is 4.57 Å². The third-order valence-electron chi connectivity index (χ3n) is 6.60. The number of thiazole rings is 1. The number of halogens is 2. The Kier molecular flexibility index (Phi) is 8.63. The van der Waals surface area contributed by atoms with Crippen LogP contribution in [0.1, 0.15) is 31.0 Å². The standard InChI is InChI=1S/C31H26Br2N2O5S/c1-5-13-40-28-21(32)14-18(15-22(28)33)16-24-29(36)35-27(25(30(37)39-6-2)17(3)34-31(35)41-24)26-20-10-8-7-9-19(20)11-12-23(26)38-4/h5,7-12,14-16,27H,1,6,13H2,2-4H3/t27-/m0/s1. The van der Waals surface area contributed by atoms with Gasteiger partial charge in [0.25, 0.3) is 5.56 Å². The quantitative estimate of drug-likeness (QED) is 0.166. The summed E-state index contributed by atoms with van der Waals surface area (Å²) < 4.78 is 20.5. The summed E-state index contributed by atoms with van der Waals surface area (Å²) in [4.78, 5) is 32.7. The van der Waals surface area contributed by atoms with Gasteiger partial charge in [0.15, 0.2) is 4.80 Å². The molecule has 5 rings (SSSR count). The summed E-state index contributed by atoms with van der Waals surface area (Å²) in [5.41, 5.74) is 1.99. The summed E-state index contributed by atoms with van der Waals surface area (Å²) in [5, 5.41) is 1.82. The van der Waals surface area contributed by atoms with E-state index in [1.54, 1.807) is 37.7 Å². The zero-order chi connectivity index (χ0) is 29.3. The Bertz CT molecular complexity index is 1880. The van der Waals surface area contributed by atoms with Crippen molar-refractivity contribution in [2.45, 2.75) is 19.9 Å². The zero-order valence-corrected chi connectivity index (χ0v) is 26.6. The van der Waals surface area contributed by atoms with Gasteiger partial charge in [-0.05, 0) is 86.3 Å². The fraction of sp³-hybridized carbons (Fsp3) is 0.194. The smallest absolute Gasteiger partial charge is 0.338 e. The molecule has 0 radical (unpaired) electrons. The van der Waals surface area contributed by atoms with E-state index < -0.39 is 12.0 Å². The van der Waals surface area contributed by atoms with Crippen molar-refractivity contribution in [1.29, 1.82) is 0 Å². The van der Waals surface area contributed by atoms with E-state index in [9.17, 15) is 9.59 Å². The fourth-order valence-corrected chi connectivity index (χ4v) is 7.39. The van der Waals surface area contributed by atoms with Crippen LogP contribution in [0.25, 0.3) is 16.8 Å². The summed E-state index contributed by atoms with van der Waals surface area (Å²) in [5.74, 6) is 0.676.